The highest BCUT2D eigenvalue weighted by Crippen LogP contribution is 2.28. The lowest BCUT2D eigenvalue weighted by molar-refractivity contribution is -0.0948. The van der Waals surface area contributed by atoms with Crippen molar-refractivity contribution in [2.45, 2.75) is 74.5 Å². The molecule has 2 nitrogen and oxygen atoms in total. The number of hydrogen-bond donors (Lipinski definition) is 0. The second-order valence-corrected chi connectivity index (χ2v) is 8.77. The molecule has 0 spiro atoms. The molecule has 1 aromatic carbocycles. The summed E-state index contributed by atoms with van der Waals surface area (Å²) in [7, 11) is 0. The van der Waals surface area contributed by atoms with Crippen LogP contribution in [0.3, 0.4) is 0 Å². The van der Waals surface area contributed by atoms with Crippen LogP contribution in [0.15, 0.2) is 24.3 Å². The summed E-state index contributed by atoms with van der Waals surface area (Å²) in [4.78, 5) is 0. The van der Waals surface area contributed by atoms with E-state index in [9.17, 15) is 0 Å². The Balaban J connectivity index is 2.74. The van der Waals surface area contributed by atoms with E-state index in [1.807, 2.05) is 6.92 Å². The Hall–Kier alpha value is -1.02. The maximum atomic E-state index is 6.15. The maximum Gasteiger partial charge on any atom is 0.200 e. The molecule has 24 heavy (non-hydrogen) atoms. The molecule has 0 aliphatic rings. The van der Waals surface area contributed by atoms with Crippen molar-refractivity contribution in [3.63, 3.8) is 0 Å². The van der Waals surface area contributed by atoms with Crippen LogP contribution in [0.1, 0.15) is 67.4 Å². The minimum absolute atomic E-state index is 0.168. The minimum Gasteiger partial charge on any atom is -0.465 e. The molecule has 0 saturated heterocycles. The largest absolute Gasteiger partial charge is 0.465 e. The zero-order chi connectivity index (χ0) is 18.3. The van der Waals surface area contributed by atoms with Crippen molar-refractivity contribution in [3.05, 3.63) is 29.8 Å². The van der Waals surface area contributed by atoms with Crippen molar-refractivity contribution >= 4 is 0 Å². The molecule has 138 valence electrons. The number of benzene rings is 1. The topological polar surface area (TPSA) is 18.5 Å². The fraction of sp³-hybridized carbons (Fsp3) is 0.727. The van der Waals surface area contributed by atoms with Crippen LogP contribution in [-0.4, -0.2) is 12.9 Å². The van der Waals surface area contributed by atoms with Gasteiger partial charge in [0.05, 0.1) is 0 Å². The summed E-state index contributed by atoms with van der Waals surface area (Å²) in [5.74, 6) is 2.76. The summed E-state index contributed by atoms with van der Waals surface area (Å²) in [6.45, 7) is 18.6. The molecule has 0 fully saturated rings. The number of hydrogen-bond acceptors (Lipinski definition) is 2. The van der Waals surface area contributed by atoms with Crippen LogP contribution < -0.4 is 4.74 Å². The molecule has 0 N–H and O–H groups in total. The first-order valence-corrected chi connectivity index (χ1v) is 9.49. The van der Waals surface area contributed by atoms with E-state index in [0.717, 1.165) is 18.6 Å². The van der Waals surface area contributed by atoms with Crippen LogP contribution in [0.25, 0.3) is 0 Å². The van der Waals surface area contributed by atoms with E-state index >= 15 is 0 Å². The van der Waals surface area contributed by atoms with Crippen LogP contribution in [0.2, 0.25) is 0 Å². The van der Waals surface area contributed by atoms with Gasteiger partial charge in [0.15, 0.2) is 6.29 Å². The van der Waals surface area contributed by atoms with Gasteiger partial charge < -0.3 is 9.47 Å². The molecule has 1 aromatic rings. The third-order valence-electron chi connectivity index (χ3n) is 4.46. The molecule has 0 aliphatic carbocycles. The Bertz CT molecular complexity index is 446. The second kappa shape index (κ2) is 9.46. The van der Waals surface area contributed by atoms with Crippen molar-refractivity contribution < 1.29 is 9.47 Å². The molecule has 1 unspecified atom stereocenters. The molecule has 1 atom stereocenters. The molecular weight excluding hydrogens is 296 g/mol. The molecule has 0 aliphatic heterocycles. The predicted octanol–water partition coefficient (Wildman–Crippen LogP) is 6.33. The Labute approximate surface area is 149 Å². The normalized spacial score (nSPS) is 13.8. The van der Waals surface area contributed by atoms with Crippen LogP contribution >= 0.6 is 0 Å². The smallest absolute Gasteiger partial charge is 0.200 e. The highest BCUT2D eigenvalue weighted by atomic mass is 16.7. The van der Waals surface area contributed by atoms with Gasteiger partial charge in [-0.15, -0.1) is 0 Å². The maximum absolute atomic E-state index is 6.15. The molecular formula is C22H38O2. The van der Waals surface area contributed by atoms with Gasteiger partial charge in [0.1, 0.15) is 5.75 Å². The van der Waals surface area contributed by atoms with E-state index in [1.165, 1.54) is 5.56 Å². The first-order chi connectivity index (χ1) is 11.1. The van der Waals surface area contributed by atoms with Gasteiger partial charge in [0, 0.05) is 13.0 Å². The average molecular weight is 335 g/mol. The van der Waals surface area contributed by atoms with Crippen molar-refractivity contribution in [1.82, 2.24) is 0 Å². The van der Waals surface area contributed by atoms with Crippen molar-refractivity contribution in [2.24, 2.45) is 23.2 Å². The van der Waals surface area contributed by atoms with E-state index in [4.69, 9.17) is 9.47 Å². The Morgan fingerprint density at radius 2 is 1.46 bits per heavy atom. The van der Waals surface area contributed by atoms with Crippen LogP contribution in [0, 0.1) is 23.2 Å². The highest BCUT2D eigenvalue weighted by Gasteiger charge is 2.24. The van der Waals surface area contributed by atoms with E-state index in [1.54, 1.807) is 0 Å². The summed E-state index contributed by atoms with van der Waals surface area (Å²) in [6.07, 6.45) is 1.84. The van der Waals surface area contributed by atoms with E-state index in [2.05, 4.69) is 72.7 Å². The van der Waals surface area contributed by atoms with E-state index in [-0.39, 0.29) is 6.29 Å². The van der Waals surface area contributed by atoms with Gasteiger partial charge >= 0.3 is 0 Å². The summed E-state index contributed by atoms with van der Waals surface area (Å²) in [5.41, 5.74) is 1.66. The zero-order valence-corrected chi connectivity index (χ0v) is 17.1. The predicted molar refractivity (Wildman–Crippen MR) is 103 cm³/mol. The van der Waals surface area contributed by atoms with Crippen molar-refractivity contribution in [1.29, 1.82) is 0 Å². The molecule has 0 saturated carbocycles. The fourth-order valence-corrected chi connectivity index (χ4v) is 3.32. The van der Waals surface area contributed by atoms with E-state index in [0.29, 0.717) is 29.8 Å². The first-order valence-electron chi connectivity index (χ1n) is 9.49. The average Bonchev–Trinajstić information content (AvgIpc) is 2.44. The molecule has 0 radical (unpaired) electrons. The van der Waals surface area contributed by atoms with Gasteiger partial charge in [0.25, 0.3) is 0 Å². The van der Waals surface area contributed by atoms with Gasteiger partial charge in [-0.3, -0.25) is 0 Å². The molecule has 0 heterocycles. The molecule has 0 bridgehead atoms. The number of ether oxygens (including phenoxy) is 2. The second-order valence-electron chi connectivity index (χ2n) is 8.77. The lowest BCUT2D eigenvalue weighted by atomic mass is 9.83. The third kappa shape index (κ3) is 7.70. The minimum atomic E-state index is -0.168. The molecule has 2 heteroatoms. The van der Waals surface area contributed by atoms with Crippen LogP contribution in [0.4, 0.5) is 0 Å². The quantitative estimate of drug-likeness (QED) is 0.491. The first kappa shape index (κ1) is 21.0. The third-order valence-corrected chi connectivity index (χ3v) is 4.46. The van der Waals surface area contributed by atoms with E-state index < -0.39 is 0 Å². The lowest BCUT2D eigenvalue weighted by Gasteiger charge is -2.29. The molecule has 0 aromatic heterocycles. The fourth-order valence-electron chi connectivity index (χ4n) is 3.32. The monoisotopic (exact) mass is 334 g/mol. The molecule has 1 rings (SSSR count). The summed E-state index contributed by atoms with van der Waals surface area (Å²) >= 11 is 0. The Morgan fingerprint density at radius 1 is 0.917 bits per heavy atom. The molecule has 0 amide bonds. The highest BCUT2D eigenvalue weighted by molar-refractivity contribution is 5.28. The van der Waals surface area contributed by atoms with Gasteiger partial charge in [-0.05, 0) is 54.2 Å². The Kier molecular flexibility index (Phi) is 8.29. The zero-order valence-electron chi connectivity index (χ0n) is 17.1. The van der Waals surface area contributed by atoms with Gasteiger partial charge in [-0.2, -0.15) is 0 Å². The van der Waals surface area contributed by atoms with Gasteiger partial charge in [-0.25, -0.2) is 0 Å². The van der Waals surface area contributed by atoms with Gasteiger partial charge in [0.2, 0.25) is 0 Å². The van der Waals surface area contributed by atoms with Crippen molar-refractivity contribution in [2.75, 3.05) is 6.61 Å². The Morgan fingerprint density at radius 3 is 1.88 bits per heavy atom. The van der Waals surface area contributed by atoms with Crippen LogP contribution in [-0.2, 0) is 11.2 Å². The van der Waals surface area contributed by atoms with Crippen molar-refractivity contribution in [3.8, 4) is 5.75 Å². The number of rotatable bonds is 9. The SMILES string of the molecule is CCOC(CC(C(C)C)C(C)C)Oc1ccc(CC(C)(C)C)cc1. The summed E-state index contributed by atoms with van der Waals surface area (Å²) in [5, 5.41) is 0. The standard InChI is InChI=1S/C22H38O2/c1-9-23-21(14-20(16(2)3)17(4)5)24-19-12-10-18(11-13-19)15-22(6,7)8/h10-13,16-17,20-21H,9,14-15H2,1-8H3. The summed E-state index contributed by atoms with van der Waals surface area (Å²) < 4.78 is 12.0. The lowest BCUT2D eigenvalue weighted by Crippen LogP contribution is -2.28. The summed E-state index contributed by atoms with van der Waals surface area (Å²) in [6, 6.07) is 8.50. The van der Waals surface area contributed by atoms with Crippen LogP contribution in [0.5, 0.6) is 5.75 Å². The van der Waals surface area contributed by atoms with Gasteiger partial charge in [-0.1, -0.05) is 60.6 Å².